The van der Waals surface area contributed by atoms with Crippen LogP contribution in [0.3, 0.4) is 0 Å². The van der Waals surface area contributed by atoms with Crippen LogP contribution in [-0.4, -0.2) is 8.42 Å². The van der Waals surface area contributed by atoms with E-state index < -0.39 is 21.7 Å². The van der Waals surface area contributed by atoms with E-state index in [-0.39, 0.29) is 17.0 Å². The van der Waals surface area contributed by atoms with Crippen molar-refractivity contribution in [1.29, 1.82) is 0 Å². The minimum Gasteiger partial charge on any atom is -0.207 e. The van der Waals surface area contributed by atoms with Crippen molar-refractivity contribution in [2.24, 2.45) is 0 Å². The highest BCUT2D eigenvalue weighted by molar-refractivity contribution is 9.11. The number of sulfonamides is 1. The van der Waals surface area contributed by atoms with E-state index in [1.165, 1.54) is 17.4 Å². The zero-order chi connectivity index (χ0) is 14.9. The third-order valence-corrected chi connectivity index (χ3v) is 5.80. The molecular weight excluding hydrogens is 372 g/mol. The van der Waals surface area contributed by atoms with Crippen molar-refractivity contribution in [3.05, 3.63) is 50.1 Å². The lowest BCUT2D eigenvalue weighted by molar-refractivity contribution is 0.567. The Labute approximate surface area is 127 Å². The van der Waals surface area contributed by atoms with Crippen LogP contribution in [0.25, 0.3) is 0 Å². The summed E-state index contributed by atoms with van der Waals surface area (Å²) in [6, 6.07) is 4.39. The summed E-state index contributed by atoms with van der Waals surface area (Å²) in [6.07, 6.45) is 0. The summed E-state index contributed by atoms with van der Waals surface area (Å²) in [4.78, 5) is 0.746. The summed E-state index contributed by atoms with van der Waals surface area (Å²) < 4.78 is 53.6. The Morgan fingerprint density at radius 2 is 2.00 bits per heavy atom. The van der Waals surface area contributed by atoms with Crippen molar-refractivity contribution < 1.29 is 17.2 Å². The molecule has 3 nitrogen and oxygen atoms in total. The SMILES string of the molecule is Cc1sc(Br)cc1S(=O)(=O)NCc1cc(F)ccc1F. The van der Waals surface area contributed by atoms with E-state index in [2.05, 4.69) is 20.7 Å². The number of halogens is 3. The molecule has 20 heavy (non-hydrogen) atoms. The Bertz CT molecular complexity index is 744. The van der Waals surface area contributed by atoms with Crippen LogP contribution < -0.4 is 4.72 Å². The second-order valence-corrected chi connectivity index (χ2v) is 8.40. The van der Waals surface area contributed by atoms with Gasteiger partial charge < -0.3 is 0 Å². The van der Waals surface area contributed by atoms with Gasteiger partial charge in [-0.1, -0.05) is 0 Å². The highest BCUT2D eigenvalue weighted by Crippen LogP contribution is 2.29. The molecule has 0 atom stereocenters. The second-order valence-electron chi connectivity index (χ2n) is 4.03. The molecule has 1 heterocycles. The first kappa shape index (κ1) is 15.6. The van der Waals surface area contributed by atoms with Gasteiger partial charge in [0.25, 0.3) is 0 Å². The van der Waals surface area contributed by atoms with Gasteiger partial charge in [0.2, 0.25) is 10.0 Å². The molecule has 0 radical (unpaired) electrons. The third kappa shape index (κ3) is 3.43. The number of thiophene rings is 1. The van der Waals surface area contributed by atoms with Gasteiger partial charge >= 0.3 is 0 Å². The quantitative estimate of drug-likeness (QED) is 0.879. The molecule has 0 saturated carbocycles. The van der Waals surface area contributed by atoms with Crippen LogP contribution in [0, 0.1) is 18.6 Å². The van der Waals surface area contributed by atoms with E-state index in [9.17, 15) is 17.2 Å². The number of benzene rings is 1. The first-order valence-electron chi connectivity index (χ1n) is 5.49. The Hall–Kier alpha value is -0.830. The monoisotopic (exact) mass is 381 g/mol. The van der Waals surface area contributed by atoms with Crippen molar-refractivity contribution >= 4 is 37.3 Å². The molecule has 1 N–H and O–H groups in total. The standard InChI is InChI=1S/C12H10BrF2NO2S2/c1-7-11(5-12(13)19-7)20(17,18)16-6-8-4-9(14)2-3-10(8)15/h2-5,16H,6H2,1H3. The number of hydrogen-bond acceptors (Lipinski definition) is 3. The van der Waals surface area contributed by atoms with Gasteiger partial charge in [0.1, 0.15) is 11.6 Å². The van der Waals surface area contributed by atoms with E-state index in [0.717, 1.165) is 18.2 Å². The first-order chi connectivity index (χ1) is 9.29. The molecule has 0 spiro atoms. The number of rotatable bonds is 4. The van der Waals surface area contributed by atoms with Gasteiger partial charge in [-0.2, -0.15) is 0 Å². The maximum atomic E-state index is 13.4. The van der Waals surface area contributed by atoms with Gasteiger partial charge in [0, 0.05) is 17.0 Å². The lowest BCUT2D eigenvalue weighted by Crippen LogP contribution is -2.24. The van der Waals surface area contributed by atoms with E-state index in [1.807, 2.05) is 0 Å². The maximum absolute atomic E-state index is 13.4. The van der Waals surface area contributed by atoms with E-state index in [4.69, 9.17) is 0 Å². The van der Waals surface area contributed by atoms with Gasteiger partial charge in [0.05, 0.1) is 8.68 Å². The normalized spacial score (nSPS) is 11.8. The summed E-state index contributed by atoms with van der Waals surface area (Å²) in [6.45, 7) is 1.37. The fourth-order valence-electron chi connectivity index (χ4n) is 1.63. The van der Waals surface area contributed by atoms with Crippen LogP contribution in [0.2, 0.25) is 0 Å². The van der Waals surface area contributed by atoms with Gasteiger partial charge in [-0.05, 0) is 47.1 Å². The third-order valence-electron chi connectivity index (χ3n) is 2.59. The van der Waals surface area contributed by atoms with Gasteiger partial charge in [0.15, 0.2) is 0 Å². The number of aryl methyl sites for hydroxylation is 1. The van der Waals surface area contributed by atoms with Crippen molar-refractivity contribution in [2.45, 2.75) is 18.4 Å². The van der Waals surface area contributed by atoms with Crippen LogP contribution in [0.1, 0.15) is 10.4 Å². The van der Waals surface area contributed by atoms with Crippen molar-refractivity contribution in [1.82, 2.24) is 4.72 Å². The van der Waals surface area contributed by atoms with E-state index >= 15 is 0 Å². The molecule has 0 bridgehead atoms. The molecule has 1 aromatic heterocycles. The maximum Gasteiger partial charge on any atom is 0.242 e. The van der Waals surface area contributed by atoms with Crippen LogP contribution in [0.15, 0.2) is 32.9 Å². The molecule has 1 aromatic carbocycles. The molecule has 0 fully saturated rings. The molecule has 0 aliphatic carbocycles. The largest absolute Gasteiger partial charge is 0.242 e. The zero-order valence-electron chi connectivity index (χ0n) is 10.3. The summed E-state index contributed by atoms with van der Waals surface area (Å²) in [5.41, 5.74) is -0.0412. The Balaban J connectivity index is 2.21. The number of nitrogens with one attached hydrogen (secondary N) is 1. The van der Waals surface area contributed by atoms with Gasteiger partial charge in [-0.25, -0.2) is 21.9 Å². The molecule has 0 amide bonds. The van der Waals surface area contributed by atoms with Crippen molar-refractivity contribution in [2.75, 3.05) is 0 Å². The molecule has 0 unspecified atom stereocenters. The van der Waals surface area contributed by atoms with Crippen LogP contribution in [0.4, 0.5) is 8.78 Å². The Kier molecular flexibility index (Phi) is 4.58. The first-order valence-corrected chi connectivity index (χ1v) is 8.58. The predicted octanol–water partition coefficient (Wildman–Crippen LogP) is 3.58. The molecule has 2 aromatic rings. The van der Waals surface area contributed by atoms with Crippen molar-refractivity contribution in [3.63, 3.8) is 0 Å². The fraction of sp³-hybridized carbons (Fsp3) is 0.167. The highest BCUT2D eigenvalue weighted by Gasteiger charge is 2.19. The van der Waals surface area contributed by atoms with Crippen LogP contribution >= 0.6 is 27.3 Å². The fourth-order valence-corrected chi connectivity index (χ4v) is 5.05. The molecule has 0 saturated heterocycles. The van der Waals surface area contributed by atoms with Crippen LogP contribution in [0.5, 0.6) is 0 Å². The van der Waals surface area contributed by atoms with E-state index in [1.54, 1.807) is 6.92 Å². The highest BCUT2D eigenvalue weighted by atomic mass is 79.9. The minimum atomic E-state index is -3.76. The molecule has 0 aliphatic rings. The average molecular weight is 382 g/mol. The van der Waals surface area contributed by atoms with Crippen LogP contribution in [-0.2, 0) is 16.6 Å². The lowest BCUT2D eigenvalue weighted by Gasteiger charge is -2.07. The van der Waals surface area contributed by atoms with Crippen molar-refractivity contribution in [3.8, 4) is 0 Å². The smallest absolute Gasteiger partial charge is 0.207 e. The van der Waals surface area contributed by atoms with Gasteiger partial charge in [-0.15, -0.1) is 11.3 Å². The number of hydrogen-bond donors (Lipinski definition) is 1. The molecular formula is C12H10BrF2NO2S2. The van der Waals surface area contributed by atoms with Gasteiger partial charge in [-0.3, -0.25) is 0 Å². The molecule has 2 rings (SSSR count). The van der Waals surface area contributed by atoms with E-state index in [0.29, 0.717) is 8.66 Å². The second kappa shape index (κ2) is 5.88. The topological polar surface area (TPSA) is 46.2 Å². The summed E-state index contributed by atoms with van der Waals surface area (Å²) in [7, 11) is -3.76. The summed E-state index contributed by atoms with van der Waals surface area (Å²) in [5.74, 6) is -1.27. The summed E-state index contributed by atoms with van der Waals surface area (Å²) in [5, 5.41) is 0. The predicted molar refractivity (Wildman–Crippen MR) is 77.1 cm³/mol. The zero-order valence-corrected chi connectivity index (χ0v) is 13.5. The Morgan fingerprint density at radius 3 is 2.60 bits per heavy atom. The molecule has 0 aliphatic heterocycles. The molecule has 108 valence electrons. The summed E-state index contributed by atoms with van der Waals surface area (Å²) >= 11 is 4.50. The lowest BCUT2D eigenvalue weighted by atomic mass is 10.2. The Morgan fingerprint density at radius 1 is 1.30 bits per heavy atom. The minimum absolute atomic E-state index is 0.0412. The molecule has 8 heteroatoms. The average Bonchev–Trinajstić information content (AvgIpc) is 2.70.